The van der Waals surface area contributed by atoms with Crippen LogP contribution in [0.15, 0.2) is 34.2 Å². The summed E-state index contributed by atoms with van der Waals surface area (Å²) in [5.41, 5.74) is 6.58. The molecule has 4 N–H and O–H groups in total. The molecule has 120 valence electrons. The molecule has 8 heteroatoms. The van der Waals surface area contributed by atoms with Gasteiger partial charge in [0, 0.05) is 13.1 Å². The van der Waals surface area contributed by atoms with Gasteiger partial charge < -0.3 is 11.1 Å². The zero-order valence-electron chi connectivity index (χ0n) is 12.3. The second-order valence-electron chi connectivity index (χ2n) is 4.27. The minimum Gasteiger partial charge on any atom is -0.370 e. The first-order chi connectivity index (χ1) is 9.49. The maximum Gasteiger partial charge on any atom is 0.240 e. The van der Waals surface area contributed by atoms with Crippen molar-refractivity contribution in [1.82, 2.24) is 10.0 Å². The number of guanidine groups is 1. The summed E-state index contributed by atoms with van der Waals surface area (Å²) >= 11 is 0. The van der Waals surface area contributed by atoms with Crippen LogP contribution in [-0.4, -0.2) is 27.5 Å². The number of rotatable bonds is 7. The van der Waals surface area contributed by atoms with Crippen molar-refractivity contribution >= 4 is 40.0 Å². The van der Waals surface area contributed by atoms with Crippen LogP contribution < -0.4 is 15.8 Å². The summed E-state index contributed by atoms with van der Waals surface area (Å²) in [6.07, 6.45) is 0.979. The van der Waals surface area contributed by atoms with E-state index in [0.717, 1.165) is 18.5 Å². The summed E-state index contributed by atoms with van der Waals surface area (Å²) in [6.45, 7) is 5.36. The van der Waals surface area contributed by atoms with Crippen molar-refractivity contribution in [2.75, 3.05) is 13.1 Å². The van der Waals surface area contributed by atoms with Crippen molar-refractivity contribution in [1.29, 1.82) is 0 Å². The Morgan fingerprint density at radius 2 is 1.86 bits per heavy atom. The van der Waals surface area contributed by atoms with Gasteiger partial charge in [0.05, 0.1) is 11.4 Å². The molecule has 0 saturated heterocycles. The third kappa shape index (κ3) is 7.09. The molecule has 1 aromatic carbocycles. The summed E-state index contributed by atoms with van der Waals surface area (Å²) < 4.78 is 26.0. The van der Waals surface area contributed by atoms with E-state index in [2.05, 4.69) is 15.0 Å². The molecule has 21 heavy (non-hydrogen) atoms. The minimum atomic E-state index is -3.39. The van der Waals surface area contributed by atoms with E-state index in [0.29, 0.717) is 19.0 Å². The van der Waals surface area contributed by atoms with E-state index in [1.165, 1.54) is 0 Å². The fraction of sp³-hybridized carbons (Fsp3) is 0.462. The molecule has 0 fully saturated rings. The predicted molar refractivity (Wildman–Crippen MR) is 96.3 cm³/mol. The van der Waals surface area contributed by atoms with Crippen LogP contribution in [0.1, 0.15) is 25.8 Å². The highest BCUT2D eigenvalue weighted by atomic mass is 127. The first-order valence-electron chi connectivity index (χ1n) is 6.62. The number of benzene rings is 1. The number of hydrogen-bond acceptors (Lipinski definition) is 3. The van der Waals surface area contributed by atoms with E-state index in [1.54, 1.807) is 31.2 Å². The van der Waals surface area contributed by atoms with Crippen molar-refractivity contribution in [2.24, 2.45) is 10.7 Å². The maximum atomic E-state index is 11.8. The standard InChI is InChI=1S/C13H22N4O2S.HI/c1-3-9-15-13(14)16-10-11-5-7-12(8-6-11)20(18,19)17-4-2;/h5-8,17H,3-4,9-10H2,1-2H3,(H3,14,15,16);1H. The van der Waals surface area contributed by atoms with Crippen LogP contribution in [0, 0.1) is 0 Å². The van der Waals surface area contributed by atoms with Crippen LogP contribution in [0.25, 0.3) is 0 Å². The molecule has 1 rings (SSSR count). The normalized spacial score (nSPS) is 11.8. The van der Waals surface area contributed by atoms with E-state index in [4.69, 9.17) is 5.73 Å². The summed E-state index contributed by atoms with van der Waals surface area (Å²) in [6, 6.07) is 6.61. The molecular formula is C13H23IN4O2S. The van der Waals surface area contributed by atoms with Gasteiger partial charge in [-0.15, -0.1) is 24.0 Å². The molecule has 1 aromatic rings. The fourth-order valence-electron chi connectivity index (χ4n) is 1.53. The number of sulfonamides is 1. The van der Waals surface area contributed by atoms with Crippen LogP contribution >= 0.6 is 24.0 Å². The molecule has 0 heterocycles. The van der Waals surface area contributed by atoms with Gasteiger partial charge >= 0.3 is 0 Å². The molecule has 0 amide bonds. The number of nitrogens with two attached hydrogens (primary N) is 1. The van der Waals surface area contributed by atoms with Crippen molar-refractivity contribution in [3.05, 3.63) is 29.8 Å². The molecule has 0 aliphatic carbocycles. The monoisotopic (exact) mass is 426 g/mol. The Balaban J connectivity index is 0.00000400. The third-order valence-electron chi connectivity index (χ3n) is 2.56. The molecule has 0 aromatic heterocycles. The van der Waals surface area contributed by atoms with E-state index in [9.17, 15) is 8.42 Å². The number of halogens is 1. The van der Waals surface area contributed by atoms with Crippen molar-refractivity contribution < 1.29 is 8.42 Å². The highest BCUT2D eigenvalue weighted by molar-refractivity contribution is 14.0. The largest absolute Gasteiger partial charge is 0.370 e. The lowest BCUT2D eigenvalue weighted by molar-refractivity contribution is 0.584. The van der Waals surface area contributed by atoms with E-state index in [-0.39, 0.29) is 28.9 Å². The van der Waals surface area contributed by atoms with Gasteiger partial charge in [-0.1, -0.05) is 26.0 Å². The van der Waals surface area contributed by atoms with E-state index < -0.39 is 10.0 Å². The average molecular weight is 426 g/mol. The van der Waals surface area contributed by atoms with E-state index in [1.807, 2.05) is 6.92 Å². The number of nitrogens with one attached hydrogen (secondary N) is 2. The molecule has 0 aliphatic heterocycles. The van der Waals surface area contributed by atoms with E-state index >= 15 is 0 Å². The Labute approximate surface area is 143 Å². The van der Waals surface area contributed by atoms with Gasteiger partial charge in [0.2, 0.25) is 10.0 Å². The van der Waals surface area contributed by atoms with Crippen molar-refractivity contribution in [3.63, 3.8) is 0 Å². The van der Waals surface area contributed by atoms with Gasteiger partial charge in [-0.2, -0.15) is 0 Å². The van der Waals surface area contributed by atoms with Gasteiger partial charge in [0.15, 0.2) is 5.96 Å². The highest BCUT2D eigenvalue weighted by Gasteiger charge is 2.11. The Morgan fingerprint density at radius 3 is 2.38 bits per heavy atom. The number of nitrogens with zero attached hydrogens (tertiary/aromatic N) is 1. The lowest BCUT2D eigenvalue weighted by Gasteiger charge is -2.06. The SMILES string of the molecule is CCCNC(N)=NCc1ccc(S(=O)(=O)NCC)cc1.I. The number of hydrogen-bond donors (Lipinski definition) is 3. The van der Waals surface area contributed by atoms with Crippen LogP contribution in [0.3, 0.4) is 0 Å². The Morgan fingerprint density at radius 1 is 1.24 bits per heavy atom. The predicted octanol–water partition coefficient (Wildman–Crippen LogP) is 1.42. The summed E-state index contributed by atoms with van der Waals surface area (Å²) in [5, 5.41) is 2.98. The van der Waals surface area contributed by atoms with Gasteiger partial charge in [-0.25, -0.2) is 18.1 Å². The first kappa shape index (κ1) is 20.1. The van der Waals surface area contributed by atoms with Gasteiger partial charge in [-0.3, -0.25) is 0 Å². The summed E-state index contributed by atoms with van der Waals surface area (Å²) in [4.78, 5) is 4.43. The second kappa shape index (κ2) is 9.96. The van der Waals surface area contributed by atoms with Crippen LogP contribution in [0.5, 0.6) is 0 Å². The van der Waals surface area contributed by atoms with Gasteiger partial charge in [-0.05, 0) is 24.1 Å². The minimum absolute atomic E-state index is 0. The quantitative estimate of drug-likeness (QED) is 0.349. The molecule has 0 atom stereocenters. The topological polar surface area (TPSA) is 96.6 Å². The van der Waals surface area contributed by atoms with Crippen LogP contribution in [0.4, 0.5) is 0 Å². The average Bonchev–Trinajstić information content (AvgIpc) is 2.43. The number of aliphatic imine (C=N–C) groups is 1. The Hall–Kier alpha value is -0.870. The van der Waals surface area contributed by atoms with Crippen LogP contribution in [-0.2, 0) is 16.6 Å². The summed E-state index contributed by atoms with van der Waals surface area (Å²) in [7, 11) is -3.39. The summed E-state index contributed by atoms with van der Waals surface area (Å²) in [5.74, 6) is 0.399. The lowest BCUT2D eigenvalue weighted by Crippen LogP contribution is -2.32. The molecular weight excluding hydrogens is 403 g/mol. The van der Waals surface area contributed by atoms with Crippen molar-refractivity contribution in [2.45, 2.75) is 31.7 Å². The zero-order valence-corrected chi connectivity index (χ0v) is 15.4. The van der Waals surface area contributed by atoms with Gasteiger partial charge in [0.1, 0.15) is 0 Å². The van der Waals surface area contributed by atoms with Crippen LogP contribution in [0.2, 0.25) is 0 Å². The molecule has 0 bridgehead atoms. The highest BCUT2D eigenvalue weighted by Crippen LogP contribution is 2.11. The lowest BCUT2D eigenvalue weighted by atomic mass is 10.2. The molecule has 0 unspecified atom stereocenters. The third-order valence-corrected chi connectivity index (χ3v) is 4.12. The Kier molecular flexibility index (Phi) is 9.54. The molecule has 0 saturated carbocycles. The maximum absolute atomic E-state index is 11.8. The smallest absolute Gasteiger partial charge is 0.240 e. The fourth-order valence-corrected chi connectivity index (χ4v) is 2.57. The molecule has 0 aliphatic rings. The molecule has 0 radical (unpaired) electrons. The Bertz CT molecular complexity index is 544. The molecule has 0 spiro atoms. The second-order valence-corrected chi connectivity index (χ2v) is 6.04. The van der Waals surface area contributed by atoms with Gasteiger partial charge in [0.25, 0.3) is 0 Å². The van der Waals surface area contributed by atoms with Crippen molar-refractivity contribution in [3.8, 4) is 0 Å². The zero-order chi connectivity index (χ0) is 15.0. The first-order valence-corrected chi connectivity index (χ1v) is 8.10. The molecule has 6 nitrogen and oxygen atoms in total.